The highest BCUT2D eigenvalue weighted by Gasteiger charge is 2.52. The summed E-state index contributed by atoms with van der Waals surface area (Å²) in [4.78, 5) is 40.2. The predicted octanol–water partition coefficient (Wildman–Crippen LogP) is 2.00. The van der Waals surface area contributed by atoms with Crippen molar-refractivity contribution in [2.24, 2.45) is 10.2 Å². The molecule has 1 heterocycles. The Balaban J connectivity index is 3.39. The monoisotopic (exact) mass is 390 g/mol. The number of carbonyl (C=O) groups is 3. The molecule has 0 aliphatic carbocycles. The minimum Gasteiger partial charge on any atom is -0.462 e. The van der Waals surface area contributed by atoms with Gasteiger partial charge in [-0.3, -0.25) is 4.79 Å². The van der Waals surface area contributed by atoms with Crippen molar-refractivity contribution < 1.29 is 23.9 Å². The molecule has 0 aliphatic rings. The van der Waals surface area contributed by atoms with E-state index in [1.165, 1.54) is 32.2 Å². The van der Waals surface area contributed by atoms with Gasteiger partial charge in [0.1, 0.15) is 11.6 Å². The molecule has 1 aromatic heterocycles. The molecule has 0 saturated carbocycles. The van der Waals surface area contributed by atoms with Crippen LogP contribution in [0.5, 0.6) is 0 Å². The quantitative estimate of drug-likeness (QED) is 0.238. The molecule has 0 fully saturated rings. The molecule has 0 spiro atoms. The Morgan fingerprint density at radius 1 is 1.24 bits per heavy atom. The zero-order valence-corrected chi connectivity index (χ0v) is 15.0. The van der Waals surface area contributed by atoms with Crippen molar-refractivity contribution in [1.82, 2.24) is 10.3 Å². The highest BCUT2D eigenvalue weighted by Crippen LogP contribution is 2.24. The maximum atomic E-state index is 12.4. The highest BCUT2D eigenvalue weighted by molar-refractivity contribution is 6.31. The van der Waals surface area contributed by atoms with Gasteiger partial charge in [0.15, 0.2) is 5.15 Å². The van der Waals surface area contributed by atoms with Gasteiger partial charge in [-0.05, 0) is 26.0 Å². The first-order valence-electron chi connectivity index (χ1n) is 7.16. The predicted molar refractivity (Wildman–Crippen MR) is 88.6 cm³/mol. The van der Waals surface area contributed by atoms with E-state index in [4.69, 9.17) is 32.7 Å². The molecule has 0 aliphatic heterocycles. The molecule has 25 heavy (non-hydrogen) atoms. The molecule has 0 bridgehead atoms. The van der Waals surface area contributed by atoms with E-state index in [-0.39, 0.29) is 24.1 Å². The van der Waals surface area contributed by atoms with E-state index in [0.717, 1.165) is 0 Å². The summed E-state index contributed by atoms with van der Waals surface area (Å²) in [6, 6.07) is 2.97. The van der Waals surface area contributed by atoms with Gasteiger partial charge in [-0.15, -0.1) is 21.8 Å². The largest absolute Gasteiger partial charge is 0.462 e. The molecule has 0 radical (unpaired) electrons. The van der Waals surface area contributed by atoms with E-state index < -0.39 is 29.4 Å². The van der Waals surface area contributed by atoms with Crippen LogP contribution < -0.4 is 5.32 Å². The van der Waals surface area contributed by atoms with Gasteiger partial charge in [0.2, 0.25) is 5.91 Å². The number of azo groups is 1. The third-order valence-electron chi connectivity index (χ3n) is 2.63. The number of ether oxygens (including phenoxy) is 2. The topological polar surface area (TPSA) is 119 Å². The first-order valence-corrected chi connectivity index (χ1v) is 8.07. The molecule has 0 saturated heterocycles. The fraction of sp³-hybridized carbons (Fsp3) is 0.429. The number of nitrogens with one attached hydrogen (secondary N) is 1. The summed E-state index contributed by atoms with van der Waals surface area (Å²) in [6.07, 6.45) is 1.42. The van der Waals surface area contributed by atoms with Crippen LogP contribution in [0, 0.1) is 0 Å². The minimum absolute atomic E-state index is 0.0171. The molecule has 11 heteroatoms. The van der Waals surface area contributed by atoms with Crippen LogP contribution in [-0.2, 0) is 23.9 Å². The number of esters is 2. The zero-order chi connectivity index (χ0) is 18.9. The van der Waals surface area contributed by atoms with Crippen molar-refractivity contribution in [2.45, 2.75) is 19.5 Å². The number of carbonyl (C=O) groups excluding carboxylic acids is 3. The standard InChI is InChI=1S/C14H16Cl2N4O5/c1-3-24-12(22)14(13(23)25-4-2,18-10(21)8-15)20-19-9-6-5-7-17-11(9)16/h5-7H,3-4,8H2,1-2H3,(H,18,21)/b20-19+. The normalized spacial score (nSPS) is 11.2. The molecule has 0 unspecified atom stereocenters. The Bertz CT molecular complexity index is 650. The SMILES string of the molecule is CCOC(=O)C(/N=N/c1cccnc1Cl)(NC(=O)CCl)C(=O)OCC. The number of hydrogen-bond acceptors (Lipinski definition) is 8. The van der Waals surface area contributed by atoms with Gasteiger partial charge < -0.3 is 14.8 Å². The van der Waals surface area contributed by atoms with Crippen LogP contribution in [0.4, 0.5) is 5.69 Å². The molecule has 1 N–H and O–H groups in total. The van der Waals surface area contributed by atoms with Gasteiger partial charge >= 0.3 is 17.6 Å². The number of aromatic nitrogens is 1. The van der Waals surface area contributed by atoms with Gasteiger partial charge in [0.05, 0.1) is 13.2 Å². The minimum atomic E-state index is -2.54. The Morgan fingerprint density at radius 2 is 1.84 bits per heavy atom. The summed E-state index contributed by atoms with van der Waals surface area (Å²) >= 11 is 11.3. The lowest BCUT2D eigenvalue weighted by atomic mass is 10.1. The fourth-order valence-corrected chi connectivity index (χ4v) is 1.80. The average molecular weight is 391 g/mol. The summed E-state index contributed by atoms with van der Waals surface area (Å²) in [5.74, 6) is -3.71. The number of halogens is 2. The number of rotatable bonds is 8. The van der Waals surface area contributed by atoms with Crippen LogP contribution in [0.1, 0.15) is 13.8 Å². The number of amides is 1. The average Bonchev–Trinajstić information content (AvgIpc) is 2.59. The van der Waals surface area contributed by atoms with Crippen molar-refractivity contribution in [3.8, 4) is 0 Å². The molecule has 0 aromatic carbocycles. The van der Waals surface area contributed by atoms with Crippen molar-refractivity contribution >= 4 is 46.7 Å². The van der Waals surface area contributed by atoms with Crippen molar-refractivity contribution in [1.29, 1.82) is 0 Å². The van der Waals surface area contributed by atoms with Gasteiger partial charge in [-0.2, -0.15) is 0 Å². The molecular weight excluding hydrogens is 375 g/mol. The first kappa shape index (κ1) is 20.8. The maximum absolute atomic E-state index is 12.4. The number of alkyl halides is 1. The van der Waals surface area contributed by atoms with Crippen LogP contribution in [0.15, 0.2) is 28.6 Å². The summed E-state index contributed by atoms with van der Waals surface area (Å²) < 4.78 is 9.68. The smallest absolute Gasteiger partial charge is 0.369 e. The number of hydrogen-bond donors (Lipinski definition) is 1. The van der Waals surface area contributed by atoms with Crippen molar-refractivity contribution in [3.63, 3.8) is 0 Å². The lowest BCUT2D eigenvalue weighted by Crippen LogP contribution is -2.60. The molecule has 1 amide bonds. The lowest BCUT2D eigenvalue weighted by molar-refractivity contribution is -0.167. The number of pyridine rings is 1. The third kappa shape index (κ3) is 5.36. The van der Waals surface area contributed by atoms with Crippen molar-refractivity contribution in [2.75, 3.05) is 19.1 Å². The van der Waals surface area contributed by atoms with Crippen LogP contribution in [0.2, 0.25) is 5.15 Å². The number of nitrogens with zero attached hydrogens (tertiary/aromatic N) is 3. The van der Waals surface area contributed by atoms with Crippen LogP contribution in [0.25, 0.3) is 0 Å². The van der Waals surface area contributed by atoms with E-state index in [1.807, 2.05) is 0 Å². The summed E-state index contributed by atoms with van der Waals surface area (Å²) in [5.41, 5.74) is -2.47. The Kier molecular flexibility index (Phi) is 8.23. The second-order valence-electron chi connectivity index (χ2n) is 4.35. The van der Waals surface area contributed by atoms with E-state index in [1.54, 1.807) is 0 Å². The van der Waals surface area contributed by atoms with Crippen LogP contribution >= 0.6 is 23.2 Å². The second kappa shape index (κ2) is 9.90. The zero-order valence-electron chi connectivity index (χ0n) is 13.5. The van der Waals surface area contributed by atoms with Crippen LogP contribution in [0.3, 0.4) is 0 Å². The van der Waals surface area contributed by atoms with Crippen molar-refractivity contribution in [3.05, 3.63) is 23.5 Å². The summed E-state index contributed by atoms with van der Waals surface area (Å²) in [6.45, 7) is 2.90. The van der Waals surface area contributed by atoms with E-state index in [0.29, 0.717) is 0 Å². The summed E-state index contributed by atoms with van der Waals surface area (Å²) in [7, 11) is 0. The molecule has 136 valence electrons. The molecule has 0 atom stereocenters. The van der Waals surface area contributed by atoms with Gasteiger partial charge in [0.25, 0.3) is 0 Å². The van der Waals surface area contributed by atoms with Gasteiger partial charge in [-0.1, -0.05) is 11.6 Å². The van der Waals surface area contributed by atoms with E-state index >= 15 is 0 Å². The summed E-state index contributed by atoms with van der Waals surface area (Å²) in [5, 5.41) is 9.49. The molecule has 9 nitrogen and oxygen atoms in total. The Hall–Kier alpha value is -2.26. The third-order valence-corrected chi connectivity index (χ3v) is 3.16. The van der Waals surface area contributed by atoms with Gasteiger partial charge in [-0.25, -0.2) is 14.6 Å². The highest BCUT2D eigenvalue weighted by atomic mass is 35.5. The molecule has 1 rings (SSSR count). The van der Waals surface area contributed by atoms with Crippen LogP contribution in [-0.4, -0.2) is 47.6 Å². The fourth-order valence-electron chi connectivity index (χ4n) is 1.58. The Morgan fingerprint density at radius 3 is 2.32 bits per heavy atom. The van der Waals surface area contributed by atoms with Gasteiger partial charge in [0, 0.05) is 6.20 Å². The first-order chi connectivity index (χ1) is 11.9. The van der Waals surface area contributed by atoms with E-state index in [9.17, 15) is 14.4 Å². The lowest BCUT2D eigenvalue weighted by Gasteiger charge is -2.24. The molecular formula is C14H16Cl2N4O5. The molecule has 1 aromatic rings. The second-order valence-corrected chi connectivity index (χ2v) is 4.97. The maximum Gasteiger partial charge on any atom is 0.369 e. The Labute approximate surface area is 153 Å². The van der Waals surface area contributed by atoms with E-state index in [2.05, 4.69) is 20.5 Å².